The second kappa shape index (κ2) is 17.4. The summed E-state index contributed by atoms with van der Waals surface area (Å²) in [4.78, 5) is 0. The van der Waals surface area contributed by atoms with Crippen molar-refractivity contribution in [2.75, 3.05) is 0 Å². The zero-order valence-corrected chi connectivity index (χ0v) is 41.6. The molecular formula is C48H49Cl2F12SiZr. The number of aryl methyl sites for hydroxylation is 2. The van der Waals surface area contributed by atoms with Gasteiger partial charge in [-0.15, -0.1) is 0 Å². The predicted octanol–water partition coefficient (Wildman–Crippen LogP) is 17.9. The van der Waals surface area contributed by atoms with Gasteiger partial charge in [-0.2, -0.15) is 0 Å². The number of allylic oxidation sites excluding steroid dienone is 2. The van der Waals surface area contributed by atoms with Gasteiger partial charge in [-0.05, 0) is 0 Å². The molecule has 347 valence electrons. The molecule has 4 aromatic rings. The molecule has 6 rings (SSSR count). The topological polar surface area (TPSA) is 0 Å². The van der Waals surface area contributed by atoms with Gasteiger partial charge in [0, 0.05) is 0 Å². The van der Waals surface area contributed by atoms with Crippen LogP contribution in [0.4, 0.5) is 52.7 Å². The van der Waals surface area contributed by atoms with Crippen LogP contribution in [0.3, 0.4) is 0 Å². The van der Waals surface area contributed by atoms with Crippen molar-refractivity contribution >= 4 is 35.1 Å². The zero-order chi connectivity index (χ0) is 47.9. The second-order valence-electron chi connectivity index (χ2n) is 18.1. The second-order valence-corrected chi connectivity index (χ2v) is 60.6. The van der Waals surface area contributed by atoms with Gasteiger partial charge in [-0.1, -0.05) is 0 Å². The molecule has 0 aliphatic heterocycles. The van der Waals surface area contributed by atoms with Crippen molar-refractivity contribution in [2.45, 2.75) is 112 Å². The van der Waals surface area contributed by atoms with Gasteiger partial charge in [0.1, 0.15) is 0 Å². The first-order valence-corrected chi connectivity index (χ1v) is 37.6. The molecule has 0 saturated carbocycles. The number of hydrogen-bond donors (Lipinski definition) is 0. The van der Waals surface area contributed by atoms with E-state index >= 15 is 0 Å². The van der Waals surface area contributed by atoms with Crippen LogP contribution in [0.15, 0.2) is 71.8 Å². The average Bonchev–Trinajstić information content (AvgIpc) is 3.78. The van der Waals surface area contributed by atoms with Crippen LogP contribution in [0.1, 0.15) is 117 Å². The summed E-state index contributed by atoms with van der Waals surface area (Å²) < 4.78 is 171. The Morgan fingerprint density at radius 3 is 1.05 bits per heavy atom. The summed E-state index contributed by atoms with van der Waals surface area (Å²) in [5.41, 5.74) is -1.29. The minimum absolute atomic E-state index is 0.101. The van der Waals surface area contributed by atoms with Crippen molar-refractivity contribution in [2.24, 2.45) is 11.8 Å². The maximum atomic E-state index is 14.3. The number of fused-ring (bicyclic) bond motifs is 2. The standard InChI is InChI=1S/2C23H21F6.C2H7Si.2ClH.Zr/c2*1-4-5-14-6-7-15-8-16(13(2)3)11-20(15)21(14)17-9-18(22(24,25)26)12-19(10-17)23(27,28)29;1-3-2;;;/h2*6-13H,4-5H2,1-3H3;3H,1-2H3;2*1H;/q;;;;;+2/p-2. The monoisotopic (exact) mass is 1040 g/mol. The average molecular weight is 1040 g/mol. The Hall–Kier alpha value is -2.80. The molecule has 16 heteroatoms. The SMILES string of the molecule is CCCc1ccc2c(c1-c1cc(C(F)(F)F)cc(C(F)(F)F)c1)C=C(C(C)C)[CH]2[Zr]([Cl])([Cl])([CH]1C(C(C)C)=Cc2c1ccc(CCC)c2-c1cc(C(F)(F)F)cc(C(F)(F)F)c1)[SiH](C)C. The van der Waals surface area contributed by atoms with E-state index in [0.717, 1.165) is 35.4 Å². The fourth-order valence-electron chi connectivity index (χ4n) is 9.94. The molecule has 0 spiro atoms. The van der Waals surface area contributed by atoms with Gasteiger partial charge >= 0.3 is 377 Å². The molecule has 0 fully saturated rings. The summed E-state index contributed by atoms with van der Waals surface area (Å²) in [5.74, 6) is -2.93. The molecule has 0 bridgehead atoms. The van der Waals surface area contributed by atoms with Crippen molar-refractivity contribution in [3.63, 3.8) is 0 Å². The molecule has 0 radical (unpaired) electrons. The molecule has 0 N–H and O–H groups in total. The number of halogens is 14. The predicted molar refractivity (Wildman–Crippen MR) is 233 cm³/mol. The van der Waals surface area contributed by atoms with Crippen LogP contribution >= 0.6 is 17.0 Å². The van der Waals surface area contributed by atoms with E-state index in [9.17, 15) is 52.7 Å². The van der Waals surface area contributed by atoms with Crippen molar-refractivity contribution in [1.29, 1.82) is 0 Å². The fraction of sp³-hybridized carbons (Fsp3) is 0.417. The third-order valence-electron chi connectivity index (χ3n) is 13.0. The Bertz CT molecular complexity index is 2290. The summed E-state index contributed by atoms with van der Waals surface area (Å²) in [7, 11) is 17.1. The maximum absolute atomic E-state index is 14.3. The first kappa shape index (κ1) is 50.6. The molecular weight excluding hydrogens is 995 g/mol. The van der Waals surface area contributed by atoms with Crippen molar-refractivity contribution < 1.29 is 68.2 Å². The van der Waals surface area contributed by atoms with E-state index in [4.69, 9.17) is 17.0 Å². The first-order chi connectivity index (χ1) is 29.4. The van der Waals surface area contributed by atoms with Gasteiger partial charge in [-0.25, -0.2) is 0 Å². The van der Waals surface area contributed by atoms with Gasteiger partial charge < -0.3 is 0 Å². The molecule has 0 saturated heterocycles. The summed E-state index contributed by atoms with van der Waals surface area (Å²) in [6.45, 7) is 15.4. The van der Waals surface area contributed by atoms with E-state index in [1.807, 2.05) is 78.9 Å². The quantitative estimate of drug-likeness (QED) is 0.104. The first-order valence-electron chi connectivity index (χ1n) is 21.3. The molecule has 2 unspecified atom stereocenters. The van der Waals surface area contributed by atoms with Gasteiger partial charge in [0.15, 0.2) is 0 Å². The van der Waals surface area contributed by atoms with Gasteiger partial charge in [0.25, 0.3) is 0 Å². The Labute approximate surface area is 374 Å². The van der Waals surface area contributed by atoms with Crippen LogP contribution in [-0.2, 0) is 53.1 Å². The molecule has 2 aliphatic rings. The molecule has 0 amide bonds. The third kappa shape index (κ3) is 9.01. The van der Waals surface area contributed by atoms with Crippen molar-refractivity contribution in [3.05, 3.63) is 127 Å². The van der Waals surface area contributed by atoms with E-state index in [1.165, 1.54) is 0 Å². The summed E-state index contributed by atoms with van der Waals surface area (Å²) in [5, 5.41) is 0. The number of alkyl halides is 12. The Kier molecular flexibility index (Phi) is 13.7. The summed E-state index contributed by atoms with van der Waals surface area (Å²) >= 11 is -5.87. The molecule has 0 aromatic heterocycles. The normalized spacial score (nSPS) is 17.8. The van der Waals surface area contributed by atoms with Crippen LogP contribution in [0.25, 0.3) is 34.4 Å². The Morgan fingerprint density at radius 2 is 0.812 bits per heavy atom. The van der Waals surface area contributed by atoms with Crippen LogP contribution in [-0.4, -0.2) is 5.92 Å². The van der Waals surface area contributed by atoms with E-state index in [2.05, 4.69) is 0 Å². The summed E-state index contributed by atoms with van der Waals surface area (Å²) in [6, 6.07) is 10.3. The van der Waals surface area contributed by atoms with Crippen LogP contribution in [0.2, 0.25) is 13.1 Å². The summed E-state index contributed by atoms with van der Waals surface area (Å²) in [6.07, 6.45) is -15.0. The van der Waals surface area contributed by atoms with Crippen LogP contribution < -0.4 is 0 Å². The third-order valence-corrected chi connectivity index (χ3v) is 64.6. The molecule has 0 nitrogen and oxygen atoms in total. The Morgan fingerprint density at radius 1 is 0.516 bits per heavy atom. The van der Waals surface area contributed by atoms with E-state index in [1.54, 1.807) is 12.1 Å². The number of rotatable bonds is 11. The van der Waals surface area contributed by atoms with Gasteiger partial charge in [0.05, 0.1) is 0 Å². The molecule has 64 heavy (non-hydrogen) atoms. The van der Waals surface area contributed by atoms with E-state index < -0.39 is 75.7 Å². The molecule has 2 aliphatic carbocycles. The van der Waals surface area contributed by atoms with Crippen molar-refractivity contribution in [3.8, 4) is 22.3 Å². The number of hydrogen-bond acceptors (Lipinski definition) is 0. The molecule has 2 atom stereocenters. The van der Waals surface area contributed by atoms with Gasteiger partial charge in [-0.3, -0.25) is 0 Å². The Balaban J connectivity index is 1.71. The minimum atomic E-state index is -5.87. The van der Waals surface area contributed by atoms with Gasteiger partial charge in [0.2, 0.25) is 0 Å². The van der Waals surface area contributed by atoms with Crippen LogP contribution in [0.5, 0.6) is 0 Å². The van der Waals surface area contributed by atoms with Crippen LogP contribution in [0, 0.1) is 11.8 Å². The molecule has 0 heterocycles. The van der Waals surface area contributed by atoms with E-state index in [0.29, 0.717) is 59.1 Å². The number of benzene rings is 4. The fourth-order valence-corrected chi connectivity index (χ4v) is 41.4. The zero-order valence-electron chi connectivity index (χ0n) is 36.4. The molecule has 4 aromatic carbocycles. The van der Waals surface area contributed by atoms with Crippen molar-refractivity contribution in [1.82, 2.24) is 0 Å². The van der Waals surface area contributed by atoms with E-state index in [-0.39, 0.29) is 46.2 Å².